The molecule has 0 aliphatic carbocycles. The molecule has 0 aliphatic heterocycles. The predicted molar refractivity (Wildman–Crippen MR) is 138 cm³/mol. The fraction of sp³-hybridized carbons (Fsp3) is 0.417. The number of carbonyl (C=O) groups excluding carboxylic acids is 2. The molecule has 2 atom stereocenters. The van der Waals surface area contributed by atoms with E-state index in [1.54, 1.807) is 6.92 Å². The van der Waals surface area contributed by atoms with Crippen molar-refractivity contribution in [3.05, 3.63) is 64.4 Å². The smallest absolute Gasteiger partial charge is 0.304 e. The minimum atomic E-state index is -4.09. The van der Waals surface area contributed by atoms with Crippen LogP contribution in [0.1, 0.15) is 32.8 Å². The first-order chi connectivity index (χ1) is 16.4. The molecule has 0 aromatic heterocycles. The van der Waals surface area contributed by atoms with E-state index in [-0.39, 0.29) is 24.2 Å². The van der Waals surface area contributed by atoms with Gasteiger partial charge in [-0.15, -0.1) is 0 Å². The Hall–Kier alpha value is -2.50. The molecule has 8 nitrogen and oxygen atoms in total. The molecule has 0 saturated carbocycles. The third-order valence-electron chi connectivity index (χ3n) is 5.57. The van der Waals surface area contributed by atoms with Crippen LogP contribution in [0.4, 0.5) is 10.1 Å². The Morgan fingerprint density at radius 2 is 1.60 bits per heavy atom. The largest absolute Gasteiger partial charge is 0.352 e. The van der Waals surface area contributed by atoms with Crippen LogP contribution in [-0.2, 0) is 26.3 Å². The molecule has 2 amide bonds. The molecule has 2 aromatic rings. The molecule has 1 N–H and O–H groups in total. The molecule has 0 fully saturated rings. The zero-order valence-corrected chi connectivity index (χ0v) is 22.9. The molecule has 2 aromatic carbocycles. The summed E-state index contributed by atoms with van der Waals surface area (Å²) in [6, 6.07) is 11.2. The number of halogens is 2. The van der Waals surface area contributed by atoms with Crippen LogP contribution in [0.15, 0.2) is 53.0 Å². The third kappa shape index (κ3) is 7.74. The first-order valence-corrected chi connectivity index (χ1v) is 13.4. The van der Waals surface area contributed by atoms with Crippen molar-refractivity contribution in [1.82, 2.24) is 14.5 Å². The van der Waals surface area contributed by atoms with Crippen molar-refractivity contribution in [3.63, 3.8) is 0 Å². The molecule has 35 heavy (non-hydrogen) atoms. The van der Waals surface area contributed by atoms with Gasteiger partial charge in [0.15, 0.2) is 0 Å². The molecule has 0 heterocycles. The number of nitrogens with one attached hydrogen (secondary N) is 1. The number of anilines is 1. The van der Waals surface area contributed by atoms with Gasteiger partial charge in [-0.25, -0.2) is 8.70 Å². The number of hydrogen-bond acceptors (Lipinski definition) is 4. The summed E-state index contributed by atoms with van der Waals surface area (Å²) in [5, 5.41) is 2.88. The van der Waals surface area contributed by atoms with Crippen molar-refractivity contribution in [3.8, 4) is 0 Å². The van der Waals surface area contributed by atoms with Gasteiger partial charge < -0.3 is 10.2 Å². The van der Waals surface area contributed by atoms with Crippen LogP contribution in [0.25, 0.3) is 0 Å². The van der Waals surface area contributed by atoms with Gasteiger partial charge in [0.05, 0.1) is 5.69 Å². The van der Waals surface area contributed by atoms with E-state index in [2.05, 4.69) is 21.2 Å². The molecule has 2 unspecified atom stereocenters. The lowest BCUT2D eigenvalue weighted by atomic mass is 10.1. The molecule has 0 saturated heterocycles. The second-order valence-corrected chi connectivity index (χ2v) is 11.4. The van der Waals surface area contributed by atoms with E-state index in [0.29, 0.717) is 0 Å². The predicted octanol–water partition coefficient (Wildman–Crippen LogP) is 3.53. The van der Waals surface area contributed by atoms with E-state index < -0.39 is 34.5 Å². The van der Waals surface area contributed by atoms with E-state index in [1.807, 2.05) is 38.1 Å². The fourth-order valence-corrected chi connectivity index (χ4v) is 4.48. The number of amides is 2. The summed E-state index contributed by atoms with van der Waals surface area (Å²) in [6.45, 7) is 4.94. The maximum Gasteiger partial charge on any atom is 0.304 e. The molecular formula is C24H32BrFN4O4S. The molecule has 2 rings (SSSR count). The maximum absolute atomic E-state index is 13.6. The first-order valence-electron chi connectivity index (χ1n) is 11.2. The highest BCUT2D eigenvalue weighted by Gasteiger charge is 2.32. The minimum Gasteiger partial charge on any atom is -0.352 e. The second kappa shape index (κ2) is 12.5. The van der Waals surface area contributed by atoms with Gasteiger partial charge in [-0.2, -0.15) is 12.7 Å². The van der Waals surface area contributed by atoms with Gasteiger partial charge in [0.2, 0.25) is 11.8 Å². The van der Waals surface area contributed by atoms with Crippen LogP contribution in [0.2, 0.25) is 0 Å². The average Bonchev–Trinajstić information content (AvgIpc) is 2.81. The van der Waals surface area contributed by atoms with Crippen LogP contribution in [0.3, 0.4) is 0 Å². The fourth-order valence-electron chi connectivity index (χ4n) is 3.16. The normalized spacial score (nSPS) is 13.3. The molecular weight excluding hydrogens is 539 g/mol. The Labute approximate surface area is 215 Å². The molecule has 0 aliphatic rings. The summed E-state index contributed by atoms with van der Waals surface area (Å²) in [5.74, 6) is -1.45. The number of rotatable bonds is 11. The summed E-state index contributed by atoms with van der Waals surface area (Å²) in [7, 11) is -1.40. The van der Waals surface area contributed by atoms with Crippen molar-refractivity contribution < 1.29 is 22.4 Å². The summed E-state index contributed by atoms with van der Waals surface area (Å²) in [4.78, 5) is 27.8. The molecule has 11 heteroatoms. The zero-order chi connectivity index (χ0) is 26.3. The van der Waals surface area contributed by atoms with Crippen molar-refractivity contribution in [2.45, 2.75) is 45.8 Å². The molecule has 0 bridgehead atoms. The van der Waals surface area contributed by atoms with Gasteiger partial charge in [-0.05, 0) is 62.2 Å². The third-order valence-corrected chi connectivity index (χ3v) is 7.92. The van der Waals surface area contributed by atoms with Crippen LogP contribution in [0, 0.1) is 5.82 Å². The lowest BCUT2D eigenvalue weighted by Crippen LogP contribution is -2.53. The maximum atomic E-state index is 13.6. The molecule has 192 valence electrons. The van der Waals surface area contributed by atoms with E-state index >= 15 is 0 Å². The number of nitrogens with zero attached hydrogens (tertiary/aromatic N) is 3. The topological polar surface area (TPSA) is 90.0 Å². The van der Waals surface area contributed by atoms with E-state index in [4.69, 9.17) is 0 Å². The summed E-state index contributed by atoms with van der Waals surface area (Å²) < 4.78 is 42.4. The second-order valence-electron chi connectivity index (χ2n) is 8.42. The highest BCUT2D eigenvalue weighted by molar-refractivity contribution is 9.10. The molecule has 0 radical (unpaired) electrons. The number of hydrogen-bond donors (Lipinski definition) is 1. The van der Waals surface area contributed by atoms with E-state index in [1.165, 1.54) is 31.1 Å². The first kappa shape index (κ1) is 28.7. The van der Waals surface area contributed by atoms with Gasteiger partial charge in [0, 0.05) is 31.2 Å². The Balaban J connectivity index is 2.43. The number of benzene rings is 2. The Morgan fingerprint density at radius 3 is 2.11 bits per heavy atom. The average molecular weight is 572 g/mol. The van der Waals surface area contributed by atoms with Crippen LogP contribution in [-0.4, -0.2) is 62.2 Å². The molecule has 0 spiro atoms. The Bertz CT molecular complexity index is 1110. The Kier molecular flexibility index (Phi) is 10.2. The van der Waals surface area contributed by atoms with E-state index in [9.17, 15) is 22.4 Å². The van der Waals surface area contributed by atoms with Crippen molar-refractivity contribution in [2.75, 3.05) is 24.9 Å². The quantitative estimate of drug-likeness (QED) is 0.447. The number of carbonyl (C=O) groups is 2. The van der Waals surface area contributed by atoms with Crippen LogP contribution >= 0.6 is 15.9 Å². The monoisotopic (exact) mass is 570 g/mol. The SMILES string of the molecule is CCC(C)NC(=O)C(C)N(Cc1ccc(Br)cc1)C(=O)CN(c1ccc(F)cc1)S(=O)(=O)N(C)C. The highest BCUT2D eigenvalue weighted by atomic mass is 79.9. The standard InChI is InChI=1S/C24H32BrFN4O4S/c1-6-17(2)27-24(32)18(3)29(15-19-7-9-20(25)10-8-19)23(31)16-30(35(33,34)28(4)5)22-13-11-21(26)12-14-22/h7-14,17-18H,6,15-16H2,1-5H3,(H,27,32). The van der Waals surface area contributed by atoms with Gasteiger partial charge >= 0.3 is 10.2 Å². The van der Waals surface area contributed by atoms with Gasteiger partial charge in [0.1, 0.15) is 18.4 Å². The van der Waals surface area contributed by atoms with Crippen molar-refractivity contribution in [2.24, 2.45) is 0 Å². The summed E-state index contributed by atoms with van der Waals surface area (Å²) in [5.41, 5.74) is 0.905. The summed E-state index contributed by atoms with van der Waals surface area (Å²) in [6.07, 6.45) is 0.721. The van der Waals surface area contributed by atoms with Crippen molar-refractivity contribution >= 4 is 43.6 Å². The highest BCUT2D eigenvalue weighted by Crippen LogP contribution is 2.21. The van der Waals surface area contributed by atoms with Crippen LogP contribution in [0.5, 0.6) is 0 Å². The van der Waals surface area contributed by atoms with E-state index in [0.717, 1.165) is 37.2 Å². The lowest BCUT2D eigenvalue weighted by Gasteiger charge is -2.33. The zero-order valence-electron chi connectivity index (χ0n) is 20.5. The van der Waals surface area contributed by atoms with Gasteiger partial charge in [-0.3, -0.25) is 9.59 Å². The summed E-state index contributed by atoms with van der Waals surface area (Å²) >= 11 is 3.38. The van der Waals surface area contributed by atoms with Gasteiger partial charge in [0.25, 0.3) is 0 Å². The lowest BCUT2D eigenvalue weighted by molar-refractivity contribution is -0.139. The Morgan fingerprint density at radius 1 is 1.03 bits per heavy atom. The van der Waals surface area contributed by atoms with Crippen molar-refractivity contribution in [1.29, 1.82) is 0 Å². The van der Waals surface area contributed by atoms with Gasteiger partial charge in [-0.1, -0.05) is 35.0 Å². The minimum absolute atomic E-state index is 0.0839. The van der Waals surface area contributed by atoms with Crippen LogP contribution < -0.4 is 9.62 Å².